The van der Waals surface area contributed by atoms with Gasteiger partial charge in [0.1, 0.15) is 0 Å². The number of rotatable bonds is 6. The predicted octanol–water partition coefficient (Wildman–Crippen LogP) is 3.38. The van der Waals surface area contributed by atoms with Gasteiger partial charge in [0.2, 0.25) is 0 Å². The molecule has 0 fully saturated rings. The Morgan fingerprint density at radius 3 is 2.95 bits per heavy atom. The normalized spacial score (nSPS) is 20.3. The van der Waals surface area contributed by atoms with Gasteiger partial charge in [0.05, 0.1) is 0 Å². The second-order valence-corrected chi connectivity index (χ2v) is 5.84. The zero-order valence-corrected chi connectivity index (χ0v) is 12.7. The Morgan fingerprint density at radius 2 is 2.16 bits per heavy atom. The fourth-order valence-corrected chi connectivity index (χ4v) is 2.91. The van der Waals surface area contributed by atoms with E-state index in [1.54, 1.807) is 5.56 Å². The lowest BCUT2D eigenvalue weighted by Gasteiger charge is -2.28. The molecular formula is C17H28N2. The van der Waals surface area contributed by atoms with Gasteiger partial charge in [-0.25, -0.2) is 0 Å². The third-order valence-electron chi connectivity index (χ3n) is 4.57. The van der Waals surface area contributed by atoms with E-state index in [0.29, 0.717) is 12.1 Å². The van der Waals surface area contributed by atoms with Crippen molar-refractivity contribution in [2.24, 2.45) is 0 Å². The fraction of sp³-hybridized carbons (Fsp3) is 0.647. The van der Waals surface area contributed by atoms with Crippen LogP contribution in [0.2, 0.25) is 0 Å². The van der Waals surface area contributed by atoms with Crippen molar-refractivity contribution in [2.75, 3.05) is 20.1 Å². The van der Waals surface area contributed by atoms with Crippen molar-refractivity contribution in [3.63, 3.8) is 0 Å². The average Bonchev–Trinajstić information content (AvgIpc) is 2.46. The van der Waals surface area contributed by atoms with Gasteiger partial charge >= 0.3 is 0 Å². The molecule has 0 aliphatic heterocycles. The van der Waals surface area contributed by atoms with Gasteiger partial charge in [0, 0.05) is 25.2 Å². The van der Waals surface area contributed by atoms with Crippen LogP contribution in [0, 0.1) is 0 Å². The van der Waals surface area contributed by atoms with Gasteiger partial charge in [-0.2, -0.15) is 0 Å². The highest BCUT2D eigenvalue weighted by atomic mass is 15.1. The van der Waals surface area contributed by atoms with Crippen LogP contribution in [-0.2, 0) is 6.42 Å². The molecule has 1 N–H and O–H groups in total. The first-order chi connectivity index (χ1) is 9.22. The van der Waals surface area contributed by atoms with E-state index in [0.717, 1.165) is 13.1 Å². The summed E-state index contributed by atoms with van der Waals surface area (Å²) >= 11 is 0. The predicted molar refractivity (Wildman–Crippen MR) is 82.5 cm³/mol. The number of benzene rings is 1. The number of fused-ring (bicyclic) bond motifs is 1. The smallest absolute Gasteiger partial charge is 0.0323 e. The first-order valence-electron chi connectivity index (χ1n) is 7.73. The lowest BCUT2D eigenvalue weighted by atomic mass is 9.88. The van der Waals surface area contributed by atoms with Crippen LogP contribution < -0.4 is 5.32 Å². The summed E-state index contributed by atoms with van der Waals surface area (Å²) in [4.78, 5) is 2.45. The van der Waals surface area contributed by atoms with E-state index in [1.165, 1.54) is 31.2 Å². The molecule has 19 heavy (non-hydrogen) atoms. The summed E-state index contributed by atoms with van der Waals surface area (Å²) in [6.45, 7) is 6.77. The van der Waals surface area contributed by atoms with Crippen LogP contribution in [0.3, 0.4) is 0 Å². The van der Waals surface area contributed by atoms with E-state index in [2.05, 4.69) is 55.4 Å². The Hall–Kier alpha value is -0.860. The molecule has 2 heteroatoms. The van der Waals surface area contributed by atoms with Gasteiger partial charge < -0.3 is 10.2 Å². The van der Waals surface area contributed by atoms with Crippen LogP contribution in [0.25, 0.3) is 0 Å². The molecule has 0 radical (unpaired) electrons. The monoisotopic (exact) mass is 260 g/mol. The Labute approximate surface area is 118 Å². The molecule has 2 atom stereocenters. The highest BCUT2D eigenvalue weighted by Crippen LogP contribution is 2.29. The third kappa shape index (κ3) is 3.80. The first-order valence-corrected chi connectivity index (χ1v) is 7.73. The minimum absolute atomic E-state index is 0.565. The minimum atomic E-state index is 0.565. The summed E-state index contributed by atoms with van der Waals surface area (Å²) in [6, 6.07) is 10.2. The van der Waals surface area contributed by atoms with Crippen LogP contribution in [-0.4, -0.2) is 31.1 Å². The molecule has 0 spiro atoms. The number of nitrogens with zero attached hydrogens (tertiary/aromatic N) is 1. The van der Waals surface area contributed by atoms with Crippen molar-refractivity contribution in [1.82, 2.24) is 10.2 Å². The standard InChI is InChI=1S/C17H28N2/c1-4-14(2)19(3)13-12-18-17-11-7-9-15-8-5-6-10-16(15)17/h5-6,8,10,14,17-18H,4,7,9,11-13H2,1-3H3. The number of hydrogen-bond acceptors (Lipinski definition) is 2. The quantitative estimate of drug-likeness (QED) is 0.843. The molecule has 0 heterocycles. The summed E-state index contributed by atoms with van der Waals surface area (Å²) in [7, 11) is 2.23. The van der Waals surface area contributed by atoms with E-state index in [4.69, 9.17) is 0 Å². The number of likely N-dealkylation sites (N-methyl/N-ethyl adjacent to an activating group) is 1. The third-order valence-corrected chi connectivity index (χ3v) is 4.57. The van der Waals surface area contributed by atoms with Crippen molar-refractivity contribution < 1.29 is 0 Å². The molecule has 1 aliphatic rings. The molecule has 2 rings (SSSR count). The molecule has 2 unspecified atom stereocenters. The summed E-state index contributed by atoms with van der Waals surface area (Å²) in [5, 5.41) is 3.75. The number of aryl methyl sites for hydroxylation is 1. The van der Waals surface area contributed by atoms with E-state index in [1.807, 2.05) is 0 Å². The maximum Gasteiger partial charge on any atom is 0.0323 e. The molecule has 0 amide bonds. The lowest BCUT2D eigenvalue weighted by Crippen LogP contribution is -2.36. The maximum absolute atomic E-state index is 3.75. The van der Waals surface area contributed by atoms with Crippen LogP contribution in [0.4, 0.5) is 0 Å². The van der Waals surface area contributed by atoms with Crippen molar-refractivity contribution in [3.8, 4) is 0 Å². The van der Waals surface area contributed by atoms with Gasteiger partial charge in [-0.15, -0.1) is 0 Å². The minimum Gasteiger partial charge on any atom is -0.309 e. The topological polar surface area (TPSA) is 15.3 Å². The summed E-state index contributed by atoms with van der Waals surface area (Å²) in [5.41, 5.74) is 3.07. The molecule has 1 aromatic rings. The molecule has 0 bridgehead atoms. The summed E-state index contributed by atoms with van der Waals surface area (Å²) in [5.74, 6) is 0. The van der Waals surface area contributed by atoms with Gasteiger partial charge in [-0.05, 0) is 50.8 Å². The summed E-state index contributed by atoms with van der Waals surface area (Å²) in [6.07, 6.45) is 5.07. The van der Waals surface area contributed by atoms with E-state index >= 15 is 0 Å². The zero-order chi connectivity index (χ0) is 13.7. The zero-order valence-electron chi connectivity index (χ0n) is 12.7. The SMILES string of the molecule is CCC(C)N(C)CCNC1CCCc2ccccc21. The molecule has 1 aliphatic carbocycles. The molecule has 0 saturated heterocycles. The van der Waals surface area contributed by atoms with Crippen LogP contribution in [0.1, 0.15) is 50.3 Å². The summed E-state index contributed by atoms with van der Waals surface area (Å²) < 4.78 is 0. The largest absolute Gasteiger partial charge is 0.309 e. The second-order valence-electron chi connectivity index (χ2n) is 5.84. The van der Waals surface area contributed by atoms with Crippen LogP contribution in [0.15, 0.2) is 24.3 Å². The molecule has 106 valence electrons. The molecule has 0 saturated carbocycles. The highest BCUT2D eigenvalue weighted by molar-refractivity contribution is 5.32. The second kappa shape index (κ2) is 7.06. The van der Waals surface area contributed by atoms with Crippen molar-refractivity contribution in [2.45, 2.75) is 51.6 Å². The van der Waals surface area contributed by atoms with E-state index < -0.39 is 0 Å². The van der Waals surface area contributed by atoms with E-state index in [-0.39, 0.29) is 0 Å². The fourth-order valence-electron chi connectivity index (χ4n) is 2.91. The molecular weight excluding hydrogens is 232 g/mol. The van der Waals surface area contributed by atoms with Gasteiger partial charge in [0.25, 0.3) is 0 Å². The molecule has 1 aromatic carbocycles. The van der Waals surface area contributed by atoms with Crippen LogP contribution in [0.5, 0.6) is 0 Å². The number of nitrogens with one attached hydrogen (secondary N) is 1. The Balaban J connectivity index is 1.84. The van der Waals surface area contributed by atoms with Crippen molar-refractivity contribution >= 4 is 0 Å². The molecule has 0 aromatic heterocycles. The Morgan fingerprint density at radius 1 is 1.37 bits per heavy atom. The van der Waals surface area contributed by atoms with Gasteiger partial charge in [0.15, 0.2) is 0 Å². The maximum atomic E-state index is 3.75. The molecule has 2 nitrogen and oxygen atoms in total. The van der Waals surface area contributed by atoms with E-state index in [9.17, 15) is 0 Å². The van der Waals surface area contributed by atoms with Crippen molar-refractivity contribution in [3.05, 3.63) is 35.4 Å². The van der Waals surface area contributed by atoms with Gasteiger partial charge in [-0.3, -0.25) is 0 Å². The Bertz CT molecular complexity index is 389. The average molecular weight is 260 g/mol. The first kappa shape index (κ1) is 14.5. The van der Waals surface area contributed by atoms with Crippen LogP contribution >= 0.6 is 0 Å². The highest BCUT2D eigenvalue weighted by Gasteiger charge is 2.19. The van der Waals surface area contributed by atoms with Crippen molar-refractivity contribution in [1.29, 1.82) is 0 Å². The Kier molecular flexibility index (Phi) is 5.41. The van der Waals surface area contributed by atoms with Gasteiger partial charge in [-0.1, -0.05) is 31.2 Å². The lowest BCUT2D eigenvalue weighted by molar-refractivity contribution is 0.246. The number of hydrogen-bond donors (Lipinski definition) is 1.